The van der Waals surface area contributed by atoms with Gasteiger partial charge in [0.25, 0.3) is 17.9 Å². The molecular formula is C37H32ClF6N9O5S. The molecule has 2 aliphatic carbocycles. The van der Waals surface area contributed by atoms with Crippen molar-refractivity contribution in [3.05, 3.63) is 97.8 Å². The van der Waals surface area contributed by atoms with Crippen LogP contribution < -0.4 is 20.8 Å². The number of pyridine rings is 1. The summed E-state index contributed by atoms with van der Waals surface area (Å²) < 4.78 is 126. The largest absolute Gasteiger partial charge is 0.475 e. The highest BCUT2D eigenvalue weighted by molar-refractivity contribution is 7.92. The molecule has 59 heavy (non-hydrogen) atoms. The van der Waals surface area contributed by atoms with Gasteiger partial charge in [-0.2, -0.15) is 24.0 Å². The number of nitrogens with two attached hydrogens (primary N) is 1. The van der Waals surface area contributed by atoms with E-state index in [1.807, 2.05) is 0 Å². The first-order chi connectivity index (χ1) is 27.7. The number of hydrogen-bond donors (Lipinski definition) is 2. The molecule has 0 aliphatic heterocycles. The third-order valence-corrected chi connectivity index (χ3v) is 11.2. The van der Waals surface area contributed by atoms with Crippen LogP contribution in [0.5, 0.6) is 5.88 Å². The van der Waals surface area contributed by atoms with Gasteiger partial charge in [0.15, 0.2) is 11.5 Å². The molecule has 1 fully saturated rings. The minimum absolute atomic E-state index is 0.000602. The third-order valence-electron chi connectivity index (χ3n) is 10.3. The summed E-state index contributed by atoms with van der Waals surface area (Å²) in [6.45, 7) is 3.41. The number of rotatable bonds is 12. The summed E-state index contributed by atoms with van der Waals surface area (Å²) in [6.07, 6.45) is -3.68. The van der Waals surface area contributed by atoms with Crippen LogP contribution in [0.15, 0.2) is 47.3 Å². The number of fused-ring (bicyclic) bond motifs is 5. The van der Waals surface area contributed by atoms with Gasteiger partial charge in [-0.05, 0) is 68.5 Å². The predicted molar refractivity (Wildman–Crippen MR) is 202 cm³/mol. The molecule has 6 aromatic rings. The van der Waals surface area contributed by atoms with Crippen molar-refractivity contribution < 1.29 is 44.3 Å². The van der Waals surface area contributed by atoms with Gasteiger partial charge in [0.1, 0.15) is 34.9 Å². The highest BCUT2D eigenvalue weighted by Crippen LogP contribution is 2.68. The quantitative estimate of drug-likeness (QED) is 0.136. The predicted octanol–water partition coefficient (Wildman–Crippen LogP) is 6.15. The molecule has 0 saturated heterocycles. The molecule has 2 aliphatic rings. The monoisotopic (exact) mass is 863 g/mol. The molecule has 310 valence electrons. The molecule has 22 heteroatoms. The molecule has 4 atom stereocenters. The maximum Gasteiger partial charge on any atom is 0.293 e. The Morgan fingerprint density at radius 3 is 2.41 bits per heavy atom. The maximum absolute atomic E-state index is 16.2. The van der Waals surface area contributed by atoms with Gasteiger partial charge < -0.3 is 10.5 Å². The van der Waals surface area contributed by atoms with Crippen LogP contribution in [0.25, 0.3) is 27.6 Å². The number of amides is 1. The number of carbonyl (C=O) groups is 1. The van der Waals surface area contributed by atoms with Gasteiger partial charge in [-0.3, -0.25) is 23.6 Å². The molecule has 3 N–H and O–H groups in total. The number of alkyl halides is 4. The second-order valence-corrected chi connectivity index (χ2v) is 17.0. The Bertz CT molecular complexity index is 2900. The number of hydrogen-bond acceptors (Lipinski definition) is 9. The summed E-state index contributed by atoms with van der Waals surface area (Å²) in [5, 5.41) is 7.96. The molecule has 14 nitrogen and oxygen atoms in total. The van der Waals surface area contributed by atoms with Crippen molar-refractivity contribution in [3.63, 3.8) is 0 Å². The average Bonchev–Trinajstić information content (AvgIpc) is 3.65. The lowest BCUT2D eigenvalue weighted by Crippen LogP contribution is -2.39. The Labute approximate surface area is 335 Å². The van der Waals surface area contributed by atoms with E-state index < -0.39 is 105 Å². The zero-order chi connectivity index (χ0) is 42.6. The van der Waals surface area contributed by atoms with Crippen LogP contribution in [0.1, 0.15) is 72.9 Å². The maximum atomic E-state index is 16.2. The van der Waals surface area contributed by atoms with Crippen LogP contribution in [0.2, 0.25) is 5.02 Å². The van der Waals surface area contributed by atoms with Gasteiger partial charge in [0, 0.05) is 30.7 Å². The fourth-order valence-corrected chi connectivity index (χ4v) is 8.81. The standard InChI is InChI=1S/C37H32ClF6N9O5S/c1-14(2)58-24-8-5-18-33(46-24)47-35(52(36(18)55)23-7-6-22(38)26-29(23)51(3)49-34(26)50-59(4,56)57)20(11-15-9-16(39)12-17(40)10-15)28(32(45)54)53-30-25(27(48-53)31(41)42)19-13-21(19)37(30,43)44/h5-10,12,14,19-21,28,31H,11,13H2,1-4H3,(H2,45,54)(H,49,50)/t19-,20-,21+,28?/m0/s1. The number of halogens is 7. The van der Waals surface area contributed by atoms with Crippen molar-refractivity contribution in [2.24, 2.45) is 18.7 Å². The normalized spacial score (nSPS) is 18.1. The van der Waals surface area contributed by atoms with Gasteiger partial charge >= 0.3 is 0 Å². The SMILES string of the molecule is CC(C)Oc1ccc2c(=O)n(-c3ccc(Cl)c4c(NS(C)(=O)=O)nn(C)c34)c([C@@H](Cc3cc(F)cc(F)c3)C(C(N)=O)n3nc(C(F)F)c4c3C(F)(F)[C@@H]3C[C@H]43)nc2n1. The fraction of sp³-hybridized carbons (Fsp3) is 0.351. The van der Waals surface area contributed by atoms with E-state index in [-0.39, 0.29) is 56.3 Å². The minimum Gasteiger partial charge on any atom is -0.475 e. The van der Waals surface area contributed by atoms with Crippen molar-refractivity contribution >= 4 is 55.3 Å². The molecule has 4 heterocycles. The van der Waals surface area contributed by atoms with Crippen LogP contribution in [0, 0.1) is 17.6 Å². The summed E-state index contributed by atoms with van der Waals surface area (Å²) in [4.78, 5) is 37.9. The van der Waals surface area contributed by atoms with Crippen LogP contribution >= 0.6 is 11.6 Å². The highest BCUT2D eigenvalue weighted by Gasteiger charge is 2.67. The summed E-state index contributed by atoms with van der Waals surface area (Å²) in [6, 6.07) is 5.52. The van der Waals surface area contributed by atoms with Crippen LogP contribution in [0.3, 0.4) is 0 Å². The number of primary amides is 1. The molecule has 1 unspecified atom stereocenters. The Morgan fingerprint density at radius 2 is 1.78 bits per heavy atom. The summed E-state index contributed by atoms with van der Waals surface area (Å²) in [7, 11) is -2.56. The van der Waals surface area contributed by atoms with Gasteiger partial charge in [-0.1, -0.05) is 11.6 Å². The first kappa shape index (κ1) is 40.1. The molecule has 2 aromatic carbocycles. The number of aryl methyl sites for hydroxylation is 1. The number of nitrogens with zero attached hydrogens (tertiary/aromatic N) is 7. The number of ether oxygens (including phenoxy) is 1. The Kier molecular flexibility index (Phi) is 9.49. The second-order valence-electron chi connectivity index (χ2n) is 14.8. The molecule has 8 rings (SSSR count). The van der Waals surface area contributed by atoms with Crippen molar-refractivity contribution in [2.75, 3.05) is 11.0 Å². The molecule has 1 saturated carbocycles. The molecule has 0 bridgehead atoms. The van der Waals surface area contributed by atoms with Gasteiger partial charge in [0.05, 0.1) is 45.3 Å². The number of carbonyl (C=O) groups excluding carboxylic acids is 1. The van der Waals surface area contributed by atoms with E-state index in [1.54, 1.807) is 13.8 Å². The van der Waals surface area contributed by atoms with E-state index in [9.17, 15) is 35.6 Å². The minimum atomic E-state index is -3.96. The molecule has 0 radical (unpaired) electrons. The van der Waals surface area contributed by atoms with Gasteiger partial charge in [-0.15, -0.1) is 0 Å². The van der Waals surface area contributed by atoms with Crippen LogP contribution in [-0.4, -0.2) is 60.8 Å². The van der Waals surface area contributed by atoms with Crippen molar-refractivity contribution in [1.29, 1.82) is 0 Å². The smallest absolute Gasteiger partial charge is 0.293 e. The van der Waals surface area contributed by atoms with Crippen LogP contribution in [0.4, 0.5) is 32.2 Å². The fourth-order valence-electron chi connectivity index (χ4n) is 8.07. The van der Waals surface area contributed by atoms with E-state index >= 15 is 8.78 Å². The lowest BCUT2D eigenvalue weighted by atomic mass is 9.89. The number of anilines is 1. The Balaban J connectivity index is 1.49. The number of sulfonamides is 1. The number of benzene rings is 2. The lowest BCUT2D eigenvalue weighted by molar-refractivity contribution is -0.122. The highest BCUT2D eigenvalue weighted by atomic mass is 35.5. The molecule has 0 spiro atoms. The van der Waals surface area contributed by atoms with E-state index in [1.165, 1.54) is 36.0 Å². The van der Waals surface area contributed by atoms with Gasteiger partial charge in [-0.25, -0.2) is 35.6 Å². The Hall–Kier alpha value is -5.70. The van der Waals surface area contributed by atoms with E-state index in [4.69, 9.17) is 27.1 Å². The van der Waals surface area contributed by atoms with Gasteiger partial charge in [0.2, 0.25) is 21.8 Å². The van der Waals surface area contributed by atoms with Crippen LogP contribution in [-0.2, 0) is 34.2 Å². The Morgan fingerprint density at radius 1 is 1.08 bits per heavy atom. The van der Waals surface area contributed by atoms with E-state index in [2.05, 4.69) is 19.9 Å². The van der Waals surface area contributed by atoms with Crippen molar-refractivity contribution in [1.82, 2.24) is 34.1 Å². The third kappa shape index (κ3) is 6.82. The summed E-state index contributed by atoms with van der Waals surface area (Å²) >= 11 is 6.60. The topological polar surface area (TPSA) is 182 Å². The van der Waals surface area contributed by atoms with E-state index in [0.29, 0.717) is 10.7 Å². The summed E-state index contributed by atoms with van der Waals surface area (Å²) in [5.74, 6) is -12.2. The molecule has 4 aromatic heterocycles. The molecule has 1 amide bonds. The van der Waals surface area contributed by atoms with E-state index in [0.717, 1.165) is 23.0 Å². The van der Waals surface area contributed by atoms with Crippen molar-refractivity contribution in [2.45, 2.75) is 63.0 Å². The first-order valence-corrected chi connectivity index (χ1v) is 20.2. The molecular weight excluding hydrogens is 832 g/mol. The van der Waals surface area contributed by atoms with Crippen molar-refractivity contribution in [3.8, 4) is 11.6 Å². The average molecular weight is 864 g/mol. The zero-order valence-electron chi connectivity index (χ0n) is 31.2. The number of nitrogens with one attached hydrogen (secondary N) is 1. The zero-order valence-corrected chi connectivity index (χ0v) is 32.8. The first-order valence-electron chi connectivity index (χ1n) is 17.9. The second kappa shape index (κ2) is 14.0. The number of aromatic nitrogens is 7. The summed E-state index contributed by atoms with van der Waals surface area (Å²) in [5.41, 5.74) is 2.14. The lowest BCUT2D eigenvalue weighted by Gasteiger charge is -2.30.